The molecule has 0 fully saturated rings. The van der Waals surface area contributed by atoms with E-state index in [1.165, 1.54) is 12.1 Å². The zero-order chi connectivity index (χ0) is 15.5. The number of rotatable bonds is 1. The van der Waals surface area contributed by atoms with Gasteiger partial charge in [-0.15, -0.1) is 4.74 Å². The number of nitrogens with zero attached hydrogens (tertiary/aromatic N) is 2. The predicted octanol–water partition coefficient (Wildman–Crippen LogP) is 1.64. The number of anilines is 1. The molecule has 1 aromatic heterocycles. The number of aromatic nitrogens is 2. The Morgan fingerprint density at radius 1 is 0.864 bits per heavy atom. The molecular formula is C15H11N3O4. The lowest BCUT2D eigenvalue weighted by Gasteiger charge is -2.02. The molecule has 2 aromatic carbocycles. The van der Waals surface area contributed by atoms with E-state index in [-0.39, 0.29) is 16.7 Å². The van der Waals surface area contributed by atoms with Gasteiger partial charge in [-0.3, -0.25) is 0 Å². The molecule has 0 amide bonds. The van der Waals surface area contributed by atoms with E-state index in [1.54, 1.807) is 42.5 Å². The van der Waals surface area contributed by atoms with Gasteiger partial charge in [0.15, 0.2) is 0 Å². The normalized spacial score (nSPS) is 10.4. The Morgan fingerprint density at radius 2 is 1.45 bits per heavy atom. The summed E-state index contributed by atoms with van der Waals surface area (Å²) in [5.41, 5.74) is 4.67. The smallest absolute Gasteiger partial charge is 0.364 e. The number of hydrogen-bond donors (Lipinski definition) is 1. The molecule has 7 nitrogen and oxygen atoms in total. The van der Waals surface area contributed by atoms with Crippen molar-refractivity contribution in [3.8, 4) is 5.69 Å². The Morgan fingerprint density at radius 3 is 2.14 bits per heavy atom. The summed E-state index contributed by atoms with van der Waals surface area (Å²) >= 11 is 0. The van der Waals surface area contributed by atoms with Crippen LogP contribution in [0.2, 0.25) is 0 Å². The van der Waals surface area contributed by atoms with Crippen molar-refractivity contribution in [2.24, 2.45) is 0 Å². The lowest BCUT2D eigenvalue weighted by molar-refractivity contribution is 0.299. The third-order valence-corrected chi connectivity index (χ3v) is 2.96. The fraction of sp³-hybridized carbons (Fsp3) is 0. The van der Waals surface area contributed by atoms with E-state index in [4.69, 9.17) is 14.8 Å². The van der Waals surface area contributed by atoms with Crippen LogP contribution in [0.1, 0.15) is 0 Å². The predicted molar refractivity (Wildman–Crippen MR) is 80.2 cm³/mol. The fourth-order valence-corrected chi connectivity index (χ4v) is 1.94. The summed E-state index contributed by atoms with van der Waals surface area (Å²) in [4.78, 5) is 24.2. The van der Waals surface area contributed by atoms with Crippen LogP contribution in [-0.2, 0) is 0 Å². The average molecular weight is 297 g/mol. The summed E-state index contributed by atoms with van der Waals surface area (Å²) in [7, 11) is 0. The van der Waals surface area contributed by atoms with E-state index in [0.717, 1.165) is 4.74 Å². The van der Waals surface area contributed by atoms with Crippen LogP contribution in [0, 0.1) is 0 Å². The number of nitrogens with two attached hydrogens (primary N) is 1. The SMILES string of the molecule is Nc1noc(=O)c2ccccc2c(=O)on1-c1ccccc1. The van der Waals surface area contributed by atoms with Crippen LogP contribution in [-0.4, -0.2) is 9.90 Å². The second kappa shape index (κ2) is 5.57. The maximum atomic E-state index is 12.3. The van der Waals surface area contributed by atoms with Gasteiger partial charge in [0.25, 0.3) is 5.95 Å². The first-order chi connectivity index (χ1) is 10.7. The van der Waals surface area contributed by atoms with E-state index in [2.05, 4.69) is 5.16 Å². The highest BCUT2D eigenvalue weighted by Crippen LogP contribution is 2.09. The van der Waals surface area contributed by atoms with Gasteiger partial charge in [0.05, 0.1) is 16.5 Å². The Bertz CT molecular complexity index is 985. The van der Waals surface area contributed by atoms with E-state index < -0.39 is 11.3 Å². The molecule has 0 atom stereocenters. The van der Waals surface area contributed by atoms with Gasteiger partial charge in [-0.05, 0) is 29.4 Å². The van der Waals surface area contributed by atoms with Gasteiger partial charge >= 0.3 is 11.3 Å². The Hall–Kier alpha value is -3.35. The van der Waals surface area contributed by atoms with Gasteiger partial charge in [-0.1, -0.05) is 30.3 Å². The molecule has 0 unspecified atom stereocenters. The minimum atomic E-state index is -0.787. The highest BCUT2D eigenvalue weighted by molar-refractivity contribution is 5.79. The zero-order valence-corrected chi connectivity index (χ0v) is 11.3. The molecule has 1 heterocycles. The Labute approximate surface area is 123 Å². The molecule has 0 saturated heterocycles. The highest BCUT2D eigenvalue weighted by atomic mass is 16.5. The third-order valence-electron chi connectivity index (χ3n) is 2.96. The molecule has 3 aromatic rings. The molecular weight excluding hydrogens is 286 g/mol. The lowest BCUT2D eigenvalue weighted by Crippen LogP contribution is -2.08. The minimum absolute atomic E-state index is 0.0546. The fourth-order valence-electron chi connectivity index (χ4n) is 1.94. The molecule has 0 spiro atoms. The van der Waals surface area contributed by atoms with Gasteiger partial charge in [-0.25, -0.2) is 9.59 Å². The summed E-state index contributed by atoms with van der Waals surface area (Å²) < 4.78 is 11.0. The molecule has 22 heavy (non-hydrogen) atoms. The maximum Gasteiger partial charge on any atom is 0.366 e. The van der Waals surface area contributed by atoms with Gasteiger partial charge in [-0.2, -0.15) is 0 Å². The first-order valence-electron chi connectivity index (χ1n) is 6.38. The molecule has 2 N–H and O–H groups in total. The van der Waals surface area contributed by atoms with E-state index in [1.807, 2.05) is 0 Å². The standard InChI is InChI=1S/C15H11N3O4/c16-15-17-21-13(19)11-8-4-5-9-12(11)14(20)22-18(15)10-6-2-1-3-7-10/h1-9H,(H2,16,17). The average Bonchev–Trinajstić information content (AvgIpc) is 2.61. The van der Waals surface area contributed by atoms with Crippen LogP contribution in [0.3, 0.4) is 0 Å². The van der Waals surface area contributed by atoms with Crippen molar-refractivity contribution in [2.75, 3.05) is 5.73 Å². The minimum Gasteiger partial charge on any atom is -0.364 e. The zero-order valence-electron chi connectivity index (χ0n) is 11.3. The number of para-hydroxylation sites is 1. The summed E-state index contributed by atoms with van der Waals surface area (Å²) in [6, 6.07) is 14.7. The molecule has 0 saturated carbocycles. The maximum absolute atomic E-state index is 12.3. The monoisotopic (exact) mass is 297 g/mol. The number of nitrogen functional groups attached to an aromatic ring is 1. The first kappa shape index (κ1) is 13.6. The van der Waals surface area contributed by atoms with Crippen LogP contribution in [0.25, 0.3) is 16.5 Å². The van der Waals surface area contributed by atoms with Crippen molar-refractivity contribution in [1.29, 1.82) is 0 Å². The van der Waals surface area contributed by atoms with Crippen molar-refractivity contribution in [3.05, 3.63) is 75.4 Å². The molecule has 110 valence electrons. The van der Waals surface area contributed by atoms with Crippen LogP contribution >= 0.6 is 0 Å². The second-order valence-electron chi connectivity index (χ2n) is 4.38. The summed E-state index contributed by atoms with van der Waals surface area (Å²) in [5.74, 6) is -0.277. The summed E-state index contributed by atoms with van der Waals surface area (Å²) in [5, 5.41) is 3.63. The number of benzene rings is 2. The van der Waals surface area contributed by atoms with Crippen LogP contribution < -0.4 is 17.0 Å². The van der Waals surface area contributed by atoms with Crippen LogP contribution in [0.4, 0.5) is 5.95 Å². The van der Waals surface area contributed by atoms with Crippen molar-refractivity contribution >= 4 is 16.7 Å². The molecule has 0 radical (unpaired) electrons. The quantitative estimate of drug-likeness (QED) is 0.732. The molecule has 7 heteroatoms. The van der Waals surface area contributed by atoms with Crippen LogP contribution in [0.15, 0.2) is 73.2 Å². The number of hydrogen-bond acceptors (Lipinski definition) is 6. The summed E-state index contributed by atoms with van der Waals surface area (Å²) in [6.45, 7) is 0. The van der Waals surface area contributed by atoms with Gasteiger partial charge in [0.2, 0.25) is 0 Å². The number of fused-ring (bicyclic) bond motifs is 1. The lowest BCUT2D eigenvalue weighted by atomic mass is 10.2. The molecule has 0 bridgehead atoms. The third kappa shape index (κ3) is 2.47. The van der Waals surface area contributed by atoms with Crippen molar-refractivity contribution in [2.45, 2.75) is 0 Å². The van der Waals surface area contributed by atoms with Gasteiger partial charge < -0.3 is 14.8 Å². The second-order valence-corrected chi connectivity index (χ2v) is 4.38. The van der Waals surface area contributed by atoms with Gasteiger partial charge in [0.1, 0.15) is 0 Å². The van der Waals surface area contributed by atoms with E-state index in [0.29, 0.717) is 5.69 Å². The first-order valence-corrected chi connectivity index (χ1v) is 6.38. The van der Waals surface area contributed by atoms with Crippen LogP contribution in [0.5, 0.6) is 0 Å². The highest BCUT2D eigenvalue weighted by Gasteiger charge is 2.06. The van der Waals surface area contributed by atoms with Crippen molar-refractivity contribution < 1.29 is 9.05 Å². The van der Waals surface area contributed by atoms with Crippen molar-refractivity contribution in [1.82, 2.24) is 9.90 Å². The van der Waals surface area contributed by atoms with E-state index in [9.17, 15) is 9.59 Å². The topological polar surface area (TPSA) is 104 Å². The summed E-state index contributed by atoms with van der Waals surface area (Å²) in [6.07, 6.45) is 0. The molecule has 3 rings (SSSR count). The Balaban J connectivity index is 2.50. The molecule has 0 aliphatic heterocycles. The van der Waals surface area contributed by atoms with Gasteiger partial charge in [0, 0.05) is 0 Å². The molecule has 0 aliphatic carbocycles. The van der Waals surface area contributed by atoms with Crippen molar-refractivity contribution in [3.63, 3.8) is 0 Å². The molecule has 0 aliphatic rings. The Kier molecular flexibility index (Phi) is 3.45. The largest absolute Gasteiger partial charge is 0.366 e. The van der Waals surface area contributed by atoms with E-state index >= 15 is 0 Å².